The van der Waals surface area contributed by atoms with Gasteiger partial charge in [-0.15, -0.1) is 0 Å². The fourth-order valence-corrected chi connectivity index (χ4v) is 1.66. The average Bonchev–Trinajstić information content (AvgIpc) is 2.73. The molecule has 5 heteroatoms. The zero-order chi connectivity index (χ0) is 12.3. The van der Waals surface area contributed by atoms with Crippen LogP contribution < -0.4 is 10.6 Å². The molecule has 1 saturated heterocycles. The number of aryl methyl sites for hydroxylation is 1. The lowest BCUT2D eigenvalue weighted by Crippen LogP contribution is -2.42. The van der Waals surface area contributed by atoms with Gasteiger partial charge in [-0.3, -0.25) is 4.79 Å². The van der Waals surface area contributed by atoms with Crippen molar-refractivity contribution in [2.75, 3.05) is 6.61 Å². The van der Waals surface area contributed by atoms with Crippen LogP contribution in [-0.2, 0) is 16.1 Å². The van der Waals surface area contributed by atoms with Crippen molar-refractivity contribution in [1.82, 2.24) is 10.6 Å². The number of benzene rings is 1. The summed E-state index contributed by atoms with van der Waals surface area (Å²) in [5.41, 5.74) is 2.18. The molecule has 0 aliphatic carbocycles. The van der Waals surface area contributed by atoms with Crippen molar-refractivity contribution in [3.8, 4) is 0 Å². The van der Waals surface area contributed by atoms with E-state index in [9.17, 15) is 9.59 Å². The number of carbonyl (C=O) groups excluding carboxylic acids is 2. The largest absolute Gasteiger partial charge is 0.447 e. The zero-order valence-electron chi connectivity index (χ0n) is 9.53. The van der Waals surface area contributed by atoms with E-state index in [1.807, 2.05) is 31.2 Å². The first-order valence-corrected chi connectivity index (χ1v) is 5.42. The molecule has 0 bridgehead atoms. The second kappa shape index (κ2) is 4.86. The van der Waals surface area contributed by atoms with E-state index in [0.717, 1.165) is 11.1 Å². The Bertz CT molecular complexity index is 445. The van der Waals surface area contributed by atoms with Gasteiger partial charge in [-0.25, -0.2) is 4.79 Å². The van der Waals surface area contributed by atoms with Crippen LogP contribution in [0.25, 0.3) is 0 Å². The summed E-state index contributed by atoms with van der Waals surface area (Å²) in [5.74, 6) is -0.225. The molecule has 1 aromatic rings. The third-order valence-electron chi connectivity index (χ3n) is 2.54. The van der Waals surface area contributed by atoms with Crippen LogP contribution in [0, 0.1) is 6.92 Å². The molecule has 1 aliphatic rings. The molecule has 0 spiro atoms. The van der Waals surface area contributed by atoms with Crippen molar-refractivity contribution in [2.24, 2.45) is 0 Å². The lowest BCUT2D eigenvalue weighted by atomic mass is 10.1. The summed E-state index contributed by atoms with van der Waals surface area (Å²) in [5, 5.41) is 5.18. The van der Waals surface area contributed by atoms with Gasteiger partial charge in [-0.2, -0.15) is 0 Å². The number of amides is 2. The predicted molar refractivity (Wildman–Crippen MR) is 61.3 cm³/mol. The van der Waals surface area contributed by atoms with E-state index in [1.165, 1.54) is 0 Å². The van der Waals surface area contributed by atoms with Crippen molar-refractivity contribution < 1.29 is 14.3 Å². The number of nitrogens with one attached hydrogen (secondary N) is 2. The number of carbonyl (C=O) groups is 2. The third-order valence-corrected chi connectivity index (χ3v) is 2.54. The molecule has 2 N–H and O–H groups in total. The smallest absolute Gasteiger partial charge is 0.407 e. The highest BCUT2D eigenvalue weighted by Crippen LogP contribution is 2.04. The third kappa shape index (κ3) is 2.96. The van der Waals surface area contributed by atoms with Gasteiger partial charge in [0.1, 0.15) is 12.6 Å². The lowest BCUT2D eigenvalue weighted by Gasteiger charge is -2.09. The highest BCUT2D eigenvalue weighted by atomic mass is 16.6. The Balaban J connectivity index is 1.86. The SMILES string of the molecule is Cc1cccc(CNC(=O)C2COC(=O)N2)c1. The maximum absolute atomic E-state index is 11.6. The number of hydrogen-bond donors (Lipinski definition) is 2. The van der Waals surface area contributed by atoms with Gasteiger partial charge in [0, 0.05) is 6.54 Å². The van der Waals surface area contributed by atoms with Crippen LogP contribution >= 0.6 is 0 Å². The van der Waals surface area contributed by atoms with Gasteiger partial charge in [0.2, 0.25) is 5.91 Å². The van der Waals surface area contributed by atoms with E-state index in [-0.39, 0.29) is 12.5 Å². The van der Waals surface area contributed by atoms with Crippen molar-refractivity contribution in [2.45, 2.75) is 19.5 Å². The molecule has 5 nitrogen and oxygen atoms in total. The van der Waals surface area contributed by atoms with Gasteiger partial charge < -0.3 is 15.4 Å². The molecule has 1 fully saturated rings. The van der Waals surface area contributed by atoms with Crippen LogP contribution in [0.3, 0.4) is 0 Å². The summed E-state index contributed by atoms with van der Waals surface area (Å²) in [7, 11) is 0. The molecule has 1 aromatic carbocycles. The van der Waals surface area contributed by atoms with Gasteiger partial charge >= 0.3 is 6.09 Å². The quantitative estimate of drug-likeness (QED) is 0.809. The minimum Gasteiger partial charge on any atom is -0.447 e. The molecule has 2 rings (SSSR count). The van der Waals surface area contributed by atoms with Gasteiger partial charge in [0.05, 0.1) is 0 Å². The predicted octanol–water partition coefficient (Wildman–Crippen LogP) is 0.720. The lowest BCUT2D eigenvalue weighted by molar-refractivity contribution is -0.122. The molecule has 1 atom stereocenters. The molecule has 17 heavy (non-hydrogen) atoms. The van der Waals surface area contributed by atoms with E-state index in [1.54, 1.807) is 0 Å². The normalized spacial score (nSPS) is 18.4. The van der Waals surface area contributed by atoms with Crippen molar-refractivity contribution in [1.29, 1.82) is 0 Å². The van der Waals surface area contributed by atoms with Gasteiger partial charge in [0.25, 0.3) is 0 Å². The summed E-state index contributed by atoms with van der Waals surface area (Å²) >= 11 is 0. The fourth-order valence-electron chi connectivity index (χ4n) is 1.66. The average molecular weight is 234 g/mol. The second-order valence-electron chi connectivity index (χ2n) is 4.00. The summed E-state index contributed by atoms with van der Waals surface area (Å²) in [6.07, 6.45) is -0.541. The monoisotopic (exact) mass is 234 g/mol. The van der Waals surface area contributed by atoms with Gasteiger partial charge in [-0.05, 0) is 12.5 Å². The highest BCUT2D eigenvalue weighted by molar-refractivity contribution is 5.87. The molecule has 0 saturated carbocycles. The van der Waals surface area contributed by atoms with Crippen LogP contribution in [0.5, 0.6) is 0 Å². The highest BCUT2D eigenvalue weighted by Gasteiger charge is 2.28. The van der Waals surface area contributed by atoms with E-state index < -0.39 is 12.1 Å². The van der Waals surface area contributed by atoms with Crippen LogP contribution in [-0.4, -0.2) is 24.6 Å². The first-order valence-electron chi connectivity index (χ1n) is 5.42. The van der Waals surface area contributed by atoms with E-state index in [4.69, 9.17) is 0 Å². The summed E-state index contributed by atoms with van der Waals surface area (Å²) in [4.78, 5) is 22.4. The maximum Gasteiger partial charge on any atom is 0.407 e. The van der Waals surface area contributed by atoms with Crippen molar-refractivity contribution in [3.63, 3.8) is 0 Å². The molecule has 90 valence electrons. The topological polar surface area (TPSA) is 67.4 Å². The summed E-state index contributed by atoms with van der Waals surface area (Å²) in [6, 6.07) is 7.31. The number of alkyl carbamates (subject to hydrolysis) is 1. The second-order valence-corrected chi connectivity index (χ2v) is 4.00. The minimum atomic E-state index is -0.577. The number of cyclic esters (lactones) is 1. The summed E-state index contributed by atoms with van der Waals surface area (Å²) < 4.78 is 4.65. The molecular weight excluding hydrogens is 220 g/mol. The van der Waals surface area contributed by atoms with E-state index in [0.29, 0.717) is 6.54 Å². The Morgan fingerprint density at radius 2 is 2.41 bits per heavy atom. The minimum absolute atomic E-state index is 0.0957. The molecule has 1 unspecified atom stereocenters. The molecule has 1 heterocycles. The Labute approximate surface area is 99.2 Å². The fraction of sp³-hybridized carbons (Fsp3) is 0.333. The summed E-state index contributed by atoms with van der Waals surface area (Å²) in [6.45, 7) is 2.54. The van der Waals surface area contributed by atoms with Crippen LogP contribution in [0.15, 0.2) is 24.3 Å². The number of hydrogen-bond acceptors (Lipinski definition) is 3. The first-order chi connectivity index (χ1) is 8.15. The van der Waals surface area contributed by atoms with Crippen LogP contribution in [0.2, 0.25) is 0 Å². The van der Waals surface area contributed by atoms with Crippen LogP contribution in [0.1, 0.15) is 11.1 Å². The van der Waals surface area contributed by atoms with Gasteiger partial charge in [-0.1, -0.05) is 29.8 Å². The maximum atomic E-state index is 11.6. The number of rotatable bonds is 3. The van der Waals surface area contributed by atoms with E-state index in [2.05, 4.69) is 15.4 Å². The van der Waals surface area contributed by atoms with Crippen LogP contribution in [0.4, 0.5) is 4.79 Å². The molecular formula is C12H14N2O3. The Kier molecular flexibility index (Phi) is 3.27. The molecule has 0 aromatic heterocycles. The first kappa shape index (κ1) is 11.4. The Morgan fingerprint density at radius 3 is 3.06 bits per heavy atom. The number of ether oxygens (including phenoxy) is 1. The Hall–Kier alpha value is -2.04. The molecule has 0 radical (unpaired) electrons. The van der Waals surface area contributed by atoms with Gasteiger partial charge in [0.15, 0.2) is 0 Å². The van der Waals surface area contributed by atoms with Crippen molar-refractivity contribution >= 4 is 12.0 Å². The van der Waals surface area contributed by atoms with Crippen molar-refractivity contribution in [3.05, 3.63) is 35.4 Å². The van der Waals surface area contributed by atoms with E-state index >= 15 is 0 Å². The molecule has 1 aliphatic heterocycles. The molecule has 2 amide bonds. The standard InChI is InChI=1S/C12H14N2O3/c1-8-3-2-4-9(5-8)6-13-11(15)10-7-17-12(16)14-10/h2-5,10H,6-7H2,1H3,(H,13,15)(H,14,16). The zero-order valence-corrected chi connectivity index (χ0v) is 9.53. The Morgan fingerprint density at radius 1 is 1.59 bits per heavy atom.